The van der Waals surface area contributed by atoms with Crippen molar-refractivity contribution in [3.05, 3.63) is 45.7 Å². The van der Waals surface area contributed by atoms with Gasteiger partial charge in [-0.3, -0.25) is 4.79 Å². The van der Waals surface area contributed by atoms with Crippen LogP contribution in [0.1, 0.15) is 11.3 Å². The molecule has 1 heterocycles. The van der Waals surface area contributed by atoms with Crippen LogP contribution in [0.5, 0.6) is 0 Å². The molecule has 0 fully saturated rings. The molecule has 2 N–H and O–H groups in total. The summed E-state index contributed by atoms with van der Waals surface area (Å²) in [5.41, 5.74) is 2.63. The second kappa shape index (κ2) is 4.86. The van der Waals surface area contributed by atoms with E-state index < -0.39 is 0 Å². The minimum atomic E-state index is 0.0357. The Bertz CT molecular complexity index is 659. The largest absolute Gasteiger partial charge is 0.358 e. The molecule has 0 bridgehead atoms. The third-order valence-corrected chi connectivity index (χ3v) is 2.46. The van der Waals surface area contributed by atoms with Crippen LogP contribution in [0.3, 0.4) is 0 Å². The topological polar surface area (TPSA) is 44.9 Å². The van der Waals surface area contributed by atoms with Crippen molar-refractivity contribution in [2.75, 3.05) is 13.6 Å². The van der Waals surface area contributed by atoms with Crippen molar-refractivity contribution in [2.45, 2.75) is 6.92 Å². The molecule has 1 aromatic carbocycles. The predicted octanol–water partition coefficient (Wildman–Crippen LogP) is 1.41. The maximum atomic E-state index is 11.8. The predicted molar refractivity (Wildman–Crippen MR) is 70.1 cm³/mol. The monoisotopic (exact) mass is 226 g/mol. The van der Waals surface area contributed by atoms with Crippen LogP contribution in [0.4, 0.5) is 0 Å². The minimum absolute atomic E-state index is 0.0357. The maximum absolute atomic E-state index is 11.8. The van der Waals surface area contributed by atoms with Crippen LogP contribution in [-0.4, -0.2) is 18.6 Å². The van der Waals surface area contributed by atoms with Gasteiger partial charge in [-0.15, -0.1) is 0 Å². The Morgan fingerprint density at radius 3 is 2.94 bits per heavy atom. The lowest BCUT2D eigenvalue weighted by Crippen LogP contribution is -2.04. The zero-order chi connectivity index (χ0) is 12.3. The van der Waals surface area contributed by atoms with E-state index in [1.807, 2.05) is 32.2 Å². The first-order valence-corrected chi connectivity index (χ1v) is 5.48. The summed E-state index contributed by atoms with van der Waals surface area (Å²) in [6.45, 7) is 2.52. The van der Waals surface area contributed by atoms with Gasteiger partial charge in [-0.25, -0.2) is 0 Å². The van der Waals surface area contributed by atoms with Crippen LogP contribution in [0.25, 0.3) is 10.9 Å². The molecule has 0 aliphatic carbocycles. The van der Waals surface area contributed by atoms with Gasteiger partial charge in [0.25, 0.3) is 0 Å². The van der Waals surface area contributed by atoms with E-state index in [1.54, 1.807) is 6.07 Å². The van der Waals surface area contributed by atoms with Crippen LogP contribution in [-0.2, 0) is 0 Å². The number of aryl methyl sites for hydroxylation is 1. The highest BCUT2D eigenvalue weighted by Gasteiger charge is 2.00. The molecule has 2 aromatic rings. The molecule has 0 atom stereocenters. The van der Waals surface area contributed by atoms with E-state index in [0.29, 0.717) is 11.9 Å². The van der Waals surface area contributed by atoms with Crippen LogP contribution in [0.15, 0.2) is 29.1 Å². The lowest BCUT2D eigenvalue weighted by atomic mass is 10.1. The first kappa shape index (κ1) is 11.4. The molecule has 0 spiro atoms. The van der Waals surface area contributed by atoms with Crippen molar-refractivity contribution >= 4 is 10.9 Å². The summed E-state index contributed by atoms with van der Waals surface area (Å²) in [7, 11) is 1.85. The Hall–Kier alpha value is -2.05. The summed E-state index contributed by atoms with van der Waals surface area (Å²) >= 11 is 0. The number of pyridine rings is 1. The average Bonchev–Trinajstić information content (AvgIpc) is 2.30. The Morgan fingerprint density at radius 2 is 2.18 bits per heavy atom. The number of nitrogens with one attached hydrogen (secondary N) is 2. The highest BCUT2D eigenvalue weighted by atomic mass is 16.1. The zero-order valence-corrected chi connectivity index (χ0v) is 9.92. The number of benzene rings is 1. The van der Waals surface area contributed by atoms with Gasteiger partial charge in [0.2, 0.25) is 0 Å². The number of rotatable bonds is 1. The minimum Gasteiger partial charge on any atom is -0.358 e. The van der Waals surface area contributed by atoms with Crippen molar-refractivity contribution in [1.82, 2.24) is 10.3 Å². The van der Waals surface area contributed by atoms with Crippen LogP contribution >= 0.6 is 0 Å². The van der Waals surface area contributed by atoms with Gasteiger partial charge in [0.15, 0.2) is 5.43 Å². The highest BCUT2D eigenvalue weighted by Crippen LogP contribution is 2.10. The summed E-state index contributed by atoms with van der Waals surface area (Å²) in [6.07, 6.45) is 0. The first-order chi connectivity index (χ1) is 8.20. The molecule has 17 heavy (non-hydrogen) atoms. The van der Waals surface area contributed by atoms with E-state index >= 15 is 0 Å². The molecule has 1 aromatic heterocycles. The number of H-pyrrole nitrogens is 1. The first-order valence-electron chi connectivity index (χ1n) is 5.48. The summed E-state index contributed by atoms with van der Waals surface area (Å²) in [4.78, 5) is 15.0. The van der Waals surface area contributed by atoms with Crippen LogP contribution < -0.4 is 10.7 Å². The third kappa shape index (κ3) is 2.55. The zero-order valence-electron chi connectivity index (χ0n) is 9.92. The van der Waals surface area contributed by atoms with Gasteiger partial charge in [0, 0.05) is 28.2 Å². The molecular formula is C14H14N2O. The van der Waals surface area contributed by atoms with E-state index in [2.05, 4.69) is 22.1 Å². The van der Waals surface area contributed by atoms with Crippen molar-refractivity contribution in [3.8, 4) is 11.8 Å². The third-order valence-electron chi connectivity index (χ3n) is 2.46. The van der Waals surface area contributed by atoms with E-state index in [9.17, 15) is 4.79 Å². The van der Waals surface area contributed by atoms with Crippen molar-refractivity contribution in [1.29, 1.82) is 0 Å². The molecule has 0 radical (unpaired) electrons. The second-order valence-corrected chi connectivity index (χ2v) is 3.91. The lowest BCUT2D eigenvalue weighted by Gasteiger charge is -2.00. The number of aromatic amines is 1. The highest BCUT2D eigenvalue weighted by molar-refractivity contribution is 5.80. The SMILES string of the molecule is CNCC#Cc1ccc2[nH]c(C)cc(=O)c2c1. The summed E-state index contributed by atoms with van der Waals surface area (Å²) < 4.78 is 0. The van der Waals surface area contributed by atoms with Gasteiger partial charge in [0.05, 0.1) is 6.54 Å². The number of hydrogen-bond acceptors (Lipinski definition) is 2. The Kier molecular flexibility index (Phi) is 3.27. The Morgan fingerprint density at radius 1 is 1.35 bits per heavy atom. The van der Waals surface area contributed by atoms with Crippen LogP contribution in [0, 0.1) is 18.8 Å². The van der Waals surface area contributed by atoms with Gasteiger partial charge >= 0.3 is 0 Å². The molecule has 0 amide bonds. The quantitative estimate of drug-likeness (QED) is 0.722. The molecule has 0 aliphatic rings. The standard InChI is InChI=1S/C14H14N2O/c1-10-8-14(17)12-9-11(4-3-7-15-2)5-6-13(12)16-10/h5-6,8-9,15H,7H2,1-2H3,(H,16,17). The fourth-order valence-electron chi connectivity index (χ4n) is 1.69. The van der Waals surface area contributed by atoms with Gasteiger partial charge in [-0.05, 0) is 32.2 Å². The Balaban J connectivity index is 2.52. The van der Waals surface area contributed by atoms with Gasteiger partial charge in [-0.2, -0.15) is 0 Å². The molecule has 0 unspecified atom stereocenters. The van der Waals surface area contributed by atoms with Gasteiger partial charge in [0.1, 0.15) is 0 Å². The maximum Gasteiger partial charge on any atom is 0.189 e. The van der Waals surface area contributed by atoms with Gasteiger partial charge < -0.3 is 10.3 Å². The van der Waals surface area contributed by atoms with Crippen LogP contribution in [0.2, 0.25) is 0 Å². The number of hydrogen-bond donors (Lipinski definition) is 2. The molecule has 3 nitrogen and oxygen atoms in total. The molecule has 86 valence electrons. The second-order valence-electron chi connectivity index (χ2n) is 3.91. The molecule has 0 saturated heterocycles. The normalized spacial score (nSPS) is 10.0. The van der Waals surface area contributed by atoms with E-state index in [4.69, 9.17) is 0 Å². The van der Waals surface area contributed by atoms with Gasteiger partial charge in [-0.1, -0.05) is 11.8 Å². The summed E-state index contributed by atoms with van der Waals surface area (Å²) in [5.74, 6) is 5.99. The van der Waals surface area contributed by atoms with E-state index in [1.165, 1.54) is 0 Å². The fourth-order valence-corrected chi connectivity index (χ4v) is 1.69. The molecule has 0 aliphatic heterocycles. The number of fused-ring (bicyclic) bond motifs is 1. The smallest absolute Gasteiger partial charge is 0.189 e. The summed E-state index contributed by atoms with van der Waals surface area (Å²) in [6, 6.07) is 7.25. The lowest BCUT2D eigenvalue weighted by molar-refractivity contribution is 0.938. The average molecular weight is 226 g/mol. The Labute approximate surface area is 99.9 Å². The molecule has 3 heteroatoms. The molecular weight excluding hydrogens is 212 g/mol. The summed E-state index contributed by atoms with van der Waals surface area (Å²) in [5, 5.41) is 3.64. The van der Waals surface area contributed by atoms with E-state index in [0.717, 1.165) is 16.8 Å². The van der Waals surface area contributed by atoms with E-state index in [-0.39, 0.29) is 5.43 Å². The van der Waals surface area contributed by atoms with Crippen molar-refractivity contribution in [2.24, 2.45) is 0 Å². The molecule has 0 saturated carbocycles. The van der Waals surface area contributed by atoms with Crippen molar-refractivity contribution < 1.29 is 0 Å². The fraction of sp³-hybridized carbons (Fsp3) is 0.214. The number of aromatic nitrogens is 1. The van der Waals surface area contributed by atoms with Crippen molar-refractivity contribution in [3.63, 3.8) is 0 Å². The molecule has 2 rings (SSSR count).